The summed E-state index contributed by atoms with van der Waals surface area (Å²) in [5.41, 5.74) is 0.810. The average molecular weight is 234 g/mol. The van der Waals surface area contributed by atoms with Gasteiger partial charge in [-0.05, 0) is 26.2 Å². The quantitative estimate of drug-likeness (QED) is 0.754. The largest absolute Gasteiger partial charge is 0.361 e. The number of hydrogen-bond acceptors (Lipinski definition) is 3. The SMILES string of the molecule is Cc1cc(CN(C)C(=O)C2CC=CCC2)no1. The van der Waals surface area contributed by atoms with Gasteiger partial charge in [-0.1, -0.05) is 17.3 Å². The van der Waals surface area contributed by atoms with Crippen LogP contribution in [-0.2, 0) is 11.3 Å². The van der Waals surface area contributed by atoms with E-state index in [0.29, 0.717) is 6.54 Å². The number of allylic oxidation sites excluding steroid dienone is 2. The Morgan fingerprint density at radius 3 is 3.00 bits per heavy atom. The Hall–Kier alpha value is -1.58. The number of carbonyl (C=O) groups excluding carboxylic acids is 1. The molecule has 0 saturated heterocycles. The van der Waals surface area contributed by atoms with Crippen LogP contribution in [0.5, 0.6) is 0 Å². The third kappa shape index (κ3) is 2.96. The highest BCUT2D eigenvalue weighted by Crippen LogP contribution is 2.20. The Morgan fingerprint density at radius 1 is 1.59 bits per heavy atom. The molecule has 0 N–H and O–H groups in total. The van der Waals surface area contributed by atoms with E-state index in [9.17, 15) is 4.79 Å². The fraction of sp³-hybridized carbons (Fsp3) is 0.538. The molecule has 1 aromatic rings. The molecule has 1 unspecified atom stereocenters. The zero-order chi connectivity index (χ0) is 12.3. The van der Waals surface area contributed by atoms with E-state index in [-0.39, 0.29) is 11.8 Å². The topological polar surface area (TPSA) is 46.3 Å². The molecule has 0 spiro atoms. The standard InChI is InChI=1S/C13H18N2O2/c1-10-8-12(14-17-10)9-15(2)13(16)11-6-4-3-5-7-11/h3-4,8,11H,5-7,9H2,1-2H3. The highest BCUT2D eigenvalue weighted by molar-refractivity contribution is 5.78. The first kappa shape index (κ1) is 11.9. The Labute approximate surface area is 101 Å². The van der Waals surface area contributed by atoms with Gasteiger partial charge in [0.2, 0.25) is 5.91 Å². The van der Waals surface area contributed by atoms with Crippen molar-refractivity contribution in [3.8, 4) is 0 Å². The molecule has 17 heavy (non-hydrogen) atoms. The van der Waals surface area contributed by atoms with Crippen LogP contribution in [0, 0.1) is 12.8 Å². The Balaban J connectivity index is 1.93. The molecular formula is C13H18N2O2. The normalized spacial score (nSPS) is 19.3. The van der Waals surface area contributed by atoms with Crippen LogP contribution >= 0.6 is 0 Å². The molecule has 1 heterocycles. The molecule has 92 valence electrons. The summed E-state index contributed by atoms with van der Waals surface area (Å²) >= 11 is 0. The van der Waals surface area contributed by atoms with Crippen LogP contribution in [0.1, 0.15) is 30.7 Å². The molecule has 0 saturated carbocycles. The highest BCUT2D eigenvalue weighted by Gasteiger charge is 2.22. The molecule has 0 radical (unpaired) electrons. The van der Waals surface area contributed by atoms with Crippen molar-refractivity contribution in [2.45, 2.75) is 32.7 Å². The fourth-order valence-corrected chi connectivity index (χ4v) is 2.14. The van der Waals surface area contributed by atoms with Gasteiger partial charge in [-0.2, -0.15) is 0 Å². The maximum Gasteiger partial charge on any atom is 0.226 e. The lowest BCUT2D eigenvalue weighted by atomic mass is 9.93. The molecule has 2 rings (SSSR count). The lowest BCUT2D eigenvalue weighted by molar-refractivity contribution is -0.135. The number of carbonyl (C=O) groups is 1. The van der Waals surface area contributed by atoms with Crippen molar-refractivity contribution >= 4 is 5.91 Å². The van der Waals surface area contributed by atoms with Crippen LogP contribution in [0.15, 0.2) is 22.7 Å². The molecule has 0 fully saturated rings. The van der Waals surface area contributed by atoms with Crippen LogP contribution in [0.25, 0.3) is 0 Å². The van der Waals surface area contributed by atoms with Crippen LogP contribution in [0.4, 0.5) is 0 Å². The van der Waals surface area contributed by atoms with Crippen molar-refractivity contribution in [2.24, 2.45) is 5.92 Å². The van der Waals surface area contributed by atoms with Gasteiger partial charge in [0.15, 0.2) is 0 Å². The summed E-state index contributed by atoms with van der Waals surface area (Å²) < 4.78 is 4.99. The first-order valence-corrected chi connectivity index (χ1v) is 5.99. The molecule has 1 aliphatic carbocycles. The van der Waals surface area contributed by atoms with Crippen LogP contribution < -0.4 is 0 Å². The molecule has 0 bridgehead atoms. The summed E-state index contributed by atoms with van der Waals surface area (Å²) in [6.07, 6.45) is 7.07. The summed E-state index contributed by atoms with van der Waals surface area (Å²) in [4.78, 5) is 13.9. The van der Waals surface area contributed by atoms with Gasteiger partial charge >= 0.3 is 0 Å². The maximum absolute atomic E-state index is 12.1. The fourth-order valence-electron chi connectivity index (χ4n) is 2.14. The van der Waals surface area contributed by atoms with Gasteiger partial charge in [-0.15, -0.1) is 0 Å². The predicted molar refractivity (Wildman–Crippen MR) is 64.2 cm³/mol. The van der Waals surface area contributed by atoms with E-state index >= 15 is 0 Å². The predicted octanol–water partition coefficient (Wildman–Crippen LogP) is 2.30. The Bertz CT molecular complexity index is 423. The van der Waals surface area contributed by atoms with E-state index in [0.717, 1.165) is 30.7 Å². The number of hydrogen-bond donors (Lipinski definition) is 0. The summed E-state index contributed by atoms with van der Waals surface area (Å²) in [7, 11) is 1.82. The lowest BCUT2D eigenvalue weighted by Gasteiger charge is -2.23. The van der Waals surface area contributed by atoms with Gasteiger partial charge in [0.25, 0.3) is 0 Å². The van der Waals surface area contributed by atoms with Crippen molar-refractivity contribution in [1.29, 1.82) is 0 Å². The number of rotatable bonds is 3. The molecule has 0 aromatic carbocycles. The number of aromatic nitrogens is 1. The zero-order valence-electron chi connectivity index (χ0n) is 10.3. The second-order valence-corrected chi connectivity index (χ2v) is 4.60. The highest BCUT2D eigenvalue weighted by atomic mass is 16.5. The minimum Gasteiger partial charge on any atom is -0.361 e. The Kier molecular flexibility index (Phi) is 3.61. The van der Waals surface area contributed by atoms with Crippen LogP contribution in [-0.4, -0.2) is 23.0 Å². The molecule has 1 amide bonds. The molecule has 1 aliphatic rings. The van der Waals surface area contributed by atoms with E-state index in [1.54, 1.807) is 4.90 Å². The molecule has 0 aliphatic heterocycles. The van der Waals surface area contributed by atoms with E-state index in [1.165, 1.54) is 0 Å². The van der Waals surface area contributed by atoms with Crippen molar-refractivity contribution in [1.82, 2.24) is 10.1 Å². The van der Waals surface area contributed by atoms with Gasteiger partial charge < -0.3 is 9.42 Å². The monoisotopic (exact) mass is 234 g/mol. The molecule has 4 heteroatoms. The zero-order valence-corrected chi connectivity index (χ0v) is 10.3. The van der Waals surface area contributed by atoms with Crippen molar-refractivity contribution in [3.05, 3.63) is 29.7 Å². The summed E-state index contributed by atoms with van der Waals surface area (Å²) in [5.74, 6) is 1.12. The summed E-state index contributed by atoms with van der Waals surface area (Å²) in [6, 6.07) is 1.87. The van der Waals surface area contributed by atoms with E-state index in [2.05, 4.69) is 17.3 Å². The molecule has 4 nitrogen and oxygen atoms in total. The first-order chi connectivity index (χ1) is 8.16. The third-order valence-electron chi connectivity index (χ3n) is 3.07. The first-order valence-electron chi connectivity index (χ1n) is 5.99. The average Bonchev–Trinajstić information content (AvgIpc) is 2.75. The third-order valence-corrected chi connectivity index (χ3v) is 3.07. The van der Waals surface area contributed by atoms with E-state index in [4.69, 9.17) is 4.52 Å². The second kappa shape index (κ2) is 5.17. The van der Waals surface area contributed by atoms with E-state index in [1.807, 2.05) is 20.0 Å². The lowest BCUT2D eigenvalue weighted by Crippen LogP contribution is -2.33. The van der Waals surface area contributed by atoms with E-state index < -0.39 is 0 Å². The summed E-state index contributed by atoms with van der Waals surface area (Å²) in [6.45, 7) is 2.38. The number of aryl methyl sites for hydroxylation is 1. The van der Waals surface area contributed by atoms with Crippen molar-refractivity contribution in [3.63, 3.8) is 0 Å². The summed E-state index contributed by atoms with van der Waals surface area (Å²) in [5, 5.41) is 3.90. The number of nitrogens with zero attached hydrogens (tertiary/aromatic N) is 2. The van der Waals surface area contributed by atoms with Gasteiger partial charge in [0.1, 0.15) is 11.5 Å². The van der Waals surface area contributed by atoms with Gasteiger partial charge in [0, 0.05) is 19.0 Å². The maximum atomic E-state index is 12.1. The van der Waals surface area contributed by atoms with Crippen molar-refractivity contribution in [2.75, 3.05) is 7.05 Å². The van der Waals surface area contributed by atoms with Crippen LogP contribution in [0.2, 0.25) is 0 Å². The van der Waals surface area contributed by atoms with Gasteiger partial charge in [-0.25, -0.2) is 0 Å². The minimum absolute atomic E-state index is 0.137. The molecule has 1 atom stereocenters. The minimum atomic E-state index is 0.137. The van der Waals surface area contributed by atoms with Gasteiger partial charge in [-0.3, -0.25) is 4.79 Å². The van der Waals surface area contributed by atoms with Crippen LogP contribution in [0.3, 0.4) is 0 Å². The molecular weight excluding hydrogens is 216 g/mol. The smallest absolute Gasteiger partial charge is 0.226 e. The molecule has 1 aromatic heterocycles. The van der Waals surface area contributed by atoms with Crippen molar-refractivity contribution < 1.29 is 9.32 Å². The van der Waals surface area contributed by atoms with Gasteiger partial charge in [0.05, 0.1) is 6.54 Å². The number of amides is 1. The second-order valence-electron chi connectivity index (χ2n) is 4.60. The Morgan fingerprint density at radius 2 is 2.41 bits per heavy atom.